The van der Waals surface area contributed by atoms with Crippen LogP contribution in [-0.2, 0) is 23.9 Å². The molecule has 1 fully saturated rings. The number of nitrogens with one attached hydrogen (secondary N) is 1. The normalized spacial score (nSPS) is 23.2. The third-order valence-corrected chi connectivity index (χ3v) is 6.05. The van der Waals surface area contributed by atoms with Crippen molar-refractivity contribution < 1.29 is 29.0 Å². The number of carboxylic acids is 1. The molecule has 0 radical (unpaired) electrons. The first kappa shape index (κ1) is 20.6. The number of thioether (sulfide) groups is 1. The summed E-state index contributed by atoms with van der Waals surface area (Å²) >= 11 is 1.10. The van der Waals surface area contributed by atoms with Crippen molar-refractivity contribution in [3.63, 3.8) is 0 Å². The molecule has 2 aliphatic heterocycles. The van der Waals surface area contributed by atoms with Crippen LogP contribution in [0.15, 0.2) is 52.6 Å². The van der Waals surface area contributed by atoms with Crippen LogP contribution < -0.4 is 11.1 Å². The number of nitrogens with zero attached hydrogens (tertiary/aromatic N) is 1. The van der Waals surface area contributed by atoms with Crippen LogP contribution in [0.3, 0.4) is 0 Å². The number of allylic oxidation sites excluding steroid dienone is 1. The highest BCUT2D eigenvalue weighted by Crippen LogP contribution is 2.46. The van der Waals surface area contributed by atoms with Crippen molar-refractivity contribution in [1.29, 1.82) is 0 Å². The number of carbonyl (C=O) groups excluding carboxylic acids is 3. The molecule has 10 heteroatoms. The van der Waals surface area contributed by atoms with Crippen LogP contribution in [0.25, 0.3) is 0 Å². The fourth-order valence-electron chi connectivity index (χ4n) is 3.10. The number of ether oxygens (including phenoxy) is 1. The maximum atomic E-state index is 12.6. The van der Waals surface area contributed by atoms with Gasteiger partial charge in [-0.25, -0.2) is 9.59 Å². The summed E-state index contributed by atoms with van der Waals surface area (Å²) < 4.78 is 4.60. The Balaban J connectivity index is 1.84. The average molecular weight is 417 g/mol. The Labute approximate surface area is 170 Å². The molecule has 2 amide bonds. The third kappa shape index (κ3) is 3.76. The van der Waals surface area contributed by atoms with Gasteiger partial charge < -0.3 is 20.9 Å². The van der Waals surface area contributed by atoms with Crippen LogP contribution in [-0.4, -0.2) is 52.3 Å². The van der Waals surface area contributed by atoms with Gasteiger partial charge in [0.2, 0.25) is 5.91 Å². The predicted octanol–water partition coefficient (Wildman–Crippen LogP) is 0.502. The fourth-order valence-corrected chi connectivity index (χ4v) is 4.43. The van der Waals surface area contributed by atoms with E-state index in [2.05, 4.69) is 10.1 Å². The van der Waals surface area contributed by atoms with Crippen molar-refractivity contribution in [1.82, 2.24) is 10.2 Å². The van der Waals surface area contributed by atoms with E-state index in [0.29, 0.717) is 10.5 Å². The number of methoxy groups -OCH3 is 1. The minimum atomic E-state index is -1.30. The van der Waals surface area contributed by atoms with E-state index in [-0.39, 0.29) is 11.3 Å². The molecule has 2 heterocycles. The standard InChI is InChI=1S/C19H19N3O6S/c1-9-11(8-12(23)28-2)29-18-14(17(25)22(18)15(9)19(26)27)21-16(24)13(20)10-6-4-3-5-7-10/h3-8,13-14,18H,20H2,1-2H3,(H,21,24)(H,26,27)/b11-8-. The van der Waals surface area contributed by atoms with E-state index in [1.54, 1.807) is 30.3 Å². The average Bonchev–Trinajstić information content (AvgIpc) is 2.72. The molecule has 0 aliphatic carbocycles. The SMILES string of the molecule is COC(=O)/C=C1\SC2C(NC(=O)C(N)c3ccccc3)C(=O)N2C(C(=O)O)=C1C. The van der Waals surface area contributed by atoms with Gasteiger partial charge in [-0.2, -0.15) is 0 Å². The van der Waals surface area contributed by atoms with E-state index < -0.39 is 41.2 Å². The maximum absolute atomic E-state index is 12.6. The highest BCUT2D eigenvalue weighted by molar-refractivity contribution is 8.04. The van der Waals surface area contributed by atoms with E-state index >= 15 is 0 Å². The van der Waals surface area contributed by atoms with Gasteiger partial charge in [0.05, 0.1) is 7.11 Å². The second-order valence-corrected chi connectivity index (χ2v) is 7.56. The van der Waals surface area contributed by atoms with Crippen LogP contribution in [0.1, 0.15) is 18.5 Å². The lowest BCUT2D eigenvalue weighted by atomic mass is 10.0. The van der Waals surface area contributed by atoms with E-state index in [1.807, 2.05) is 0 Å². The summed E-state index contributed by atoms with van der Waals surface area (Å²) in [6, 6.07) is 6.72. The van der Waals surface area contributed by atoms with E-state index in [0.717, 1.165) is 22.7 Å². The number of β-lactam (4-membered cyclic amide) rings is 1. The predicted molar refractivity (Wildman–Crippen MR) is 104 cm³/mol. The number of hydrogen-bond donors (Lipinski definition) is 3. The zero-order valence-corrected chi connectivity index (χ0v) is 16.4. The van der Waals surface area contributed by atoms with Crippen LogP contribution in [0.5, 0.6) is 0 Å². The molecule has 0 bridgehead atoms. The molecule has 0 saturated carbocycles. The van der Waals surface area contributed by atoms with Crippen molar-refractivity contribution in [3.8, 4) is 0 Å². The monoisotopic (exact) mass is 417 g/mol. The summed E-state index contributed by atoms with van der Waals surface area (Å²) in [6.07, 6.45) is 1.16. The van der Waals surface area contributed by atoms with Gasteiger partial charge in [0.25, 0.3) is 5.91 Å². The first-order valence-corrected chi connectivity index (χ1v) is 9.49. The number of rotatable bonds is 5. The molecule has 9 nitrogen and oxygen atoms in total. The van der Waals surface area contributed by atoms with Crippen molar-refractivity contribution >= 4 is 35.5 Å². The lowest BCUT2D eigenvalue weighted by Gasteiger charge is -2.49. The molecule has 3 unspecified atom stereocenters. The lowest BCUT2D eigenvalue weighted by molar-refractivity contribution is -0.150. The molecule has 1 aromatic rings. The third-order valence-electron chi connectivity index (χ3n) is 4.65. The zero-order chi connectivity index (χ0) is 21.3. The number of hydrogen-bond acceptors (Lipinski definition) is 7. The van der Waals surface area contributed by atoms with Gasteiger partial charge in [0.15, 0.2) is 0 Å². The highest BCUT2D eigenvalue weighted by Gasteiger charge is 2.55. The van der Waals surface area contributed by atoms with Crippen LogP contribution in [0.4, 0.5) is 0 Å². The summed E-state index contributed by atoms with van der Waals surface area (Å²) in [5, 5.41) is 11.4. The Morgan fingerprint density at radius 3 is 2.55 bits per heavy atom. The van der Waals surface area contributed by atoms with Gasteiger partial charge in [-0.1, -0.05) is 42.1 Å². The first-order valence-electron chi connectivity index (χ1n) is 8.61. The van der Waals surface area contributed by atoms with E-state index in [1.165, 1.54) is 14.0 Å². The van der Waals surface area contributed by atoms with Gasteiger partial charge in [-0.3, -0.25) is 14.5 Å². The molecule has 3 atom stereocenters. The number of esters is 1. The van der Waals surface area contributed by atoms with E-state index in [9.17, 15) is 24.3 Å². The molecule has 0 aromatic heterocycles. The Bertz CT molecular complexity index is 943. The minimum absolute atomic E-state index is 0.230. The second-order valence-electron chi connectivity index (χ2n) is 6.40. The summed E-state index contributed by atoms with van der Waals surface area (Å²) in [5.41, 5.74) is 6.59. The Kier molecular flexibility index (Phi) is 5.76. The smallest absolute Gasteiger partial charge is 0.352 e. The van der Waals surface area contributed by atoms with Crippen molar-refractivity contribution in [2.75, 3.05) is 7.11 Å². The van der Waals surface area contributed by atoms with Crippen molar-refractivity contribution in [2.24, 2.45) is 5.73 Å². The molecule has 2 aliphatic rings. The first-order chi connectivity index (χ1) is 13.8. The summed E-state index contributed by atoms with van der Waals surface area (Å²) in [5.74, 6) is -3.06. The molecular weight excluding hydrogens is 398 g/mol. The largest absolute Gasteiger partial charge is 0.477 e. The van der Waals surface area contributed by atoms with Crippen LogP contribution in [0, 0.1) is 0 Å². The van der Waals surface area contributed by atoms with Gasteiger partial charge in [-0.05, 0) is 18.1 Å². The molecule has 29 heavy (non-hydrogen) atoms. The number of carbonyl (C=O) groups is 4. The Morgan fingerprint density at radius 2 is 1.97 bits per heavy atom. The van der Waals surface area contributed by atoms with Gasteiger partial charge >= 0.3 is 11.9 Å². The van der Waals surface area contributed by atoms with Crippen molar-refractivity contribution in [2.45, 2.75) is 24.4 Å². The van der Waals surface area contributed by atoms with Gasteiger partial charge in [0, 0.05) is 11.0 Å². The lowest BCUT2D eigenvalue weighted by Crippen LogP contribution is -2.70. The minimum Gasteiger partial charge on any atom is -0.477 e. The molecule has 3 rings (SSSR count). The number of amides is 2. The quantitative estimate of drug-likeness (QED) is 0.358. The molecule has 152 valence electrons. The molecule has 0 spiro atoms. The Morgan fingerprint density at radius 1 is 1.31 bits per heavy atom. The van der Waals surface area contributed by atoms with Crippen LogP contribution in [0.2, 0.25) is 0 Å². The van der Waals surface area contributed by atoms with Gasteiger partial charge in [0.1, 0.15) is 23.2 Å². The molecular formula is C19H19N3O6S. The number of benzene rings is 1. The number of fused-ring (bicyclic) bond motifs is 1. The summed E-state index contributed by atoms with van der Waals surface area (Å²) in [6.45, 7) is 1.51. The molecule has 4 N–H and O–H groups in total. The van der Waals surface area contributed by atoms with Crippen molar-refractivity contribution in [3.05, 3.63) is 58.1 Å². The van der Waals surface area contributed by atoms with Gasteiger partial charge in [-0.15, -0.1) is 0 Å². The van der Waals surface area contributed by atoms with E-state index in [4.69, 9.17) is 5.73 Å². The molecule has 1 saturated heterocycles. The fraction of sp³-hybridized carbons (Fsp3) is 0.263. The zero-order valence-electron chi connectivity index (χ0n) is 15.6. The maximum Gasteiger partial charge on any atom is 0.352 e. The Hall–Kier alpha value is -3.11. The number of nitrogens with two attached hydrogens (primary N) is 1. The number of aliphatic carboxylic acids is 1. The second kappa shape index (κ2) is 8.10. The highest BCUT2D eigenvalue weighted by atomic mass is 32.2. The number of carboxylic acid groups (broad SMARTS) is 1. The summed E-state index contributed by atoms with van der Waals surface area (Å²) in [7, 11) is 1.21. The summed E-state index contributed by atoms with van der Waals surface area (Å²) in [4.78, 5) is 49.9. The molecule has 1 aromatic carbocycles. The van der Waals surface area contributed by atoms with Crippen LogP contribution >= 0.6 is 11.8 Å². The topological polar surface area (TPSA) is 139 Å².